The normalized spacial score (nSPS) is 11.8. The van der Waals surface area contributed by atoms with Crippen molar-refractivity contribution in [2.24, 2.45) is 0 Å². The standard InChI is InChI=1S/C32H33BrN2O3/c1-22(2)34-32(37)28(19-24-11-5-4-6-12-24)35(20-25-13-9-10-23(3)18-25)30(36)21-38-29-17-16-26-14-7-8-15-27(26)31(29)33/h4-18,22,28H,19-21H2,1-3H3,(H,34,37)/t28-/m0/s1. The molecule has 1 atom stereocenters. The average molecular weight is 574 g/mol. The molecule has 0 heterocycles. The third-order valence-corrected chi connectivity index (χ3v) is 7.13. The lowest BCUT2D eigenvalue weighted by Gasteiger charge is -2.32. The van der Waals surface area contributed by atoms with Crippen molar-refractivity contribution in [1.82, 2.24) is 10.2 Å². The summed E-state index contributed by atoms with van der Waals surface area (Å²) in [7, 11) is 0. The lowest BCUT2D eigenvalue weighted by molar-refractivity contribution is -0.143. The first-order chi connectivity index (χ1) is 18.3. The van der Waals surface area contributed by atoms with E-state index in [-0.39, 0.29) is 24.5 Å². The molecule has 0 saturated carbocycles. The Hall–Kier alpha value is -3.64. The second-order valence-electron chi connectivity index (χ2n) is 9.77. The van der Waals surface area contributed by atoms with Gasteiger partial charge in [0.1, 0.15) is 11.8 Å². The number of fused-ring (bicyclic) bond motifs is 1. The molecule has 196 valence electrons. The topological polar surface area (TPSA) is 58.6 Å². The highest BCUT2D eigenvalue weighted by molar-refractivity contribution is 9.10. The van der Waals surface area contributed by atoms with Crippen molar-refractivity contribution in [3.63, 3.8) is 0 Å². The molecule has 0 aliphatic rings. The molecule has 0 aromatic heterocycles. The van der Waals surface area contributed by atoms with Crippen molar-refractivity contribution in [3.05, 3.63) is 112 Å². The van der Waals surface area contributed by atoms with Crippen LogP contribution in [-0.4, -0.2) is 35.4 Å². The first kappa shape index (κ1) is 27.4. The molecular weight excluding hydrogens is 540 g/mol. The van der Waals surface area contributed by atoms with Gasteiger partial charge in [-0.25, -0.2) is 0 Å². The van der Waals surface area contributed by atoms with Crippen molar-refractivity contribution in [2.75, 3.05) is 6.61 Å². The summed E-state index contributed by atoms with van der Waals surface area (Å²) in [6.45, 7) is 5.97. The van der Waals surface area contributed by atoms with Gasteiger partial charge in [-0.05, 0) is 64.7 Å². The summed E-state index contributed by atoms with van der Waals surface area (Å²) in [6.07, 6.45) is 0.399. The lowest BCUT2D eigenvalue weighted by atomic mass is 10.0. The van der Waals surface area contributed by atoms with E-state index < -0.39 is 6.04 Å². The number of nitrogens with zero attached hydrogens (tertiary/aromatic N) is 1. The van der Waals surface area contributed by atoms with Crippen LogP contribution in [0.4, 0.5) is 0 Å². The number of hydrogen-bond acceptors (Lipinski definition) is 3. The molecular formula is C32H33BrN2O3. The second kappa shape index (κ2) is 12.7. The van der Waals surface area contributed by atoms with E-state index in [0.717, 1.165) is 31.9 Å². The number of carbonyl (C=O) groups excluding carboxylic acids is 2. The van der Waals surface area contributed by atoms with Gasteiger partial charge in [0.05, 0.1) is 4.47 Å². The van der Waals surface area contributed by atoms with E-state index in [1.54, 1.807) is 4.90 Å². The Morgan fingerprint density at radius 1 is 0.895 bits per heavy atom. The molecule has 0 fully saturated rings. The van der Waals surface area contributed by atoms with Crippen LogP contribution in [0, 0.1) is 6.92 Å². The highest BCUT2D eigenvalue weighted by Gasteiger charge is 2.31. The number of nitrogens with one attached hydrogen (secondary N) is 1. The number of benzene rings is 4. The minimum absolute atomic E-state index is 0.0542. The van der Waals surface area contributed by atoms with Gasteiger partial charge in [-0.1, -0.05) is 90.5 Å². The van der Waals surface area contributed by atoms with Gasteiger partial charge in [0.2, 0.25) is 5.91 Å². The Morgan fingerprint density at radius 3 is 2.34 bits per heavy atom. The molecule has 4 rings (SSSR count). The molecule has 5 nitrogen and oxygen atoms in total. The first-order valence-corrected chi connectivity index (χ1v) is 13.6. The van der Waals surface area contributed by atoms with Gasteiger partial charge < -0.3 is 15.0 Å². The van der Waals surface area contributed by atoms with Crippen LogP contribution in [-0.2, 0) is 22.6 Å². The predicted molar refractivity (Wildman–Crippen MR) is 156 cm³/mol. The number of halogens is 1. The highest BCUT2D eigenvalue weighted by Crippen LogP contribution is 2.33. The van der Waals surface area contributed by atoms with Gasteiger partial charge >= 0.3 is 0 Å². The van der Waals surface area contributed by atoms with E-state index in [1.165, 1.54) is 0 Å². The molecule has 0 aliphatic carbocycles. The smallest absolute Gasteiger partial charge is 0.261 e. The maximum absolute atomic E-state index is 13.8. The second-order valence-corrected chi connectivity index (χ2v) is 10.6. The van der Waals surface area contributed by atoms with Crippen molar-refractivity contribution >= 4 is 38.5 Å². The Bertz CT molecular complexity index is 1400. The zero-order valence-electron chi connectivity index (χ0n) is 22.0. The molecule has 38 heavy (non-hydrogen) atoms. The number of ether oxygens (including phenoxy) is 1. The van der Waals surface area contributed by atoms with Crippen molar-refractivity contribution in [1.29, 1.82) is 0 Å². The summed E-state index contributed by atoms with van der Waals surface area (Å²) >= 11 is 3.64. The maximum Gasteiger partial charge on any atom is 0.261 e. The molecule has 0 aliphatic heterocycles. The third kappa shape index (κ3) is 7.01. The van der Waals surface area contributed by atoms with Gasteiger partial charge in [0, 0.05) is 19.0 Å². The fraction of sp³-hybridized carbons (Fsp3) is 0.250. The van der Waals surface area contributed by atoms with Gasteiger partial charge in [0.25, 0.3) is 5.91 Å². The van der Waals surface area contributed by atoms with E-state index >= 15 is 0 Å². The van der Waals surface area contributed by atoms with Crippen LogP contribution in [0.2, 0.25) is 0 Å². The summed E-state index contributed by atoms with van der Waals surface area (Å²) in [5.41, 5.74) is 3.04. The van der Waals surface area contributed by atoms with E-state index in [2.05, 4.69) is 21.2 Å². The van der Waals surface area contributed by atoms with Crippen LogP contribution >= 0.6 is 15.9 Å². The van der Waals surface area contributed by atoms with Gasteiger partial charge in [-0.15, -0.1) is 0 Å². The quantitative estimate of drug-likeness (QED) is 0.237. The fourth-order valence-electron chi connectivity index (χ4n) is 4.49. The molecule has 4 aromatic rings. The van der Waals surface area contributed by atoms with Crippen LogP contribution in [0.25, 0.3) is 10.8 Å². The Labute approximate surface area is 232 Å². The molecule has 0 unspecified atom stereocenters. The van der Waals surface area contributed by atoms with Crippen LogP contribution < -0.4 is 10.1 Å². The number of carbonyl (C=O) groups is 2. The van der Waals surface area contributed by atoms with Crippen LogP contribution in [0.3, 0.4) is 0 Å². The van der Waals surface area contributed by atoms with Crippen LogP contribution in [0.5, 0.6) is 5.75 Å². The third-order valence-electron chi connectivity index (χ3n) is 6.32. The van der Waals surface area contributed by atoms with Gasteiger partial charge in [0.15, 0.2) is 6.61 Å². The molecule has 6 heteroatoms. The lowest BCUT2D eigenvalue weighted by Crippen LogP contribution is -2.52. The Balaban J connectivity index is 1.64. The number of hydrogen-bond donors (Lipinski definition) is 1. The monoisotopic (exact) mass is 572 g/mol. The summed E-state index contributed by atoms with van der Waals surface area (Å²) in [5, 5.41) is 5.10. The van der Waals surface area contributed by atoms with Crippen molar-refractivity contribution in [2.45, 2.75) is 45.8 Å². The first-order valence-electron chi connectivity index (χ1n) is 12.8. The molecule has 1 N–H and O–H groups in total. The largest absolute Gasteiger partial charge is 0.483 e. The van der Waals surface area contributed by atoms with Gasteiger partial charge in [-0.2, -0.15) is 0 Å². The molecule has 0 saturated heterocycles. The SMILES string of the molecule is Cc1cccc(CN(C(=O)COc2ccc3ccccc3c2Br)[C@@H](Cc2ccccc2)C(=O)NC(C)C)c1. The predicted octanol–water partition coefficient (Wildman–Crippen LogP) is 6.45. The molecule has 0 spiro atoms. The number of aryl methyl sites for hydroxylation is 1. The average Bonchev–Trinajstić information content (AvgIpc) is 2.90. The van der Waals surface area contributed by atoms with Gasteiger partial charge in [-0.3, -0.25) is 9.59 Å². The van der Waals surface area contributed by atoms with Crippen LogP contribution in [0.1, 0.15) is 30.5 Å². The molecule has 2 amide bonds. The Kier molecular flexibility index (Phi) is 9.19. The van der Waals surface area contributed by atoms with E-state index in [9.17, 15) is 9.59 Å². The zero-order valence-corrected chi connectivity index (χ0v) is 23.6. The summed E-state index contributed by atoms with van der Waals surface area (Å²) < 4.78 is 6.84. The number of amides is 2. The summed E-state index contributed by atoms with van der Waals surface area (Å²) in [5.74, 6) is 0.141. The van der Waals surface area contributed by atoms with Crippen molar-refractivity contribution in [3.8, 4) is 5.75 Å². The number of rotatable bonds is 10. The summed E-state index contributed by atoms with van der Waals surface area (Å²) in [6, 6.07) is 28.9. The highest BCUT2D eigenvalue weighted by atomic mass is 79.9. The van der Waals surface area contributed by atoms with E-state index in [4.69, 9.17) is 4.74 Å². The minimum Gasteiger partial charge on any atom is -0.483 e. The zero-order chi connectivity index (χ0) is 27.1. The summed E-state index contributed by atoms with van der Waals surface area (Å²) in [4.78, 5) is 28.9. The van der Waals surface area contributed by atoms with Crippen LogP contribution in [0.15, 0.2) is 95.5 Å². The fourth-order valence-corrected chi connectivity index (χ4v) is 5.10. The molecule has 4 aromatic carbocycles. The molecule has 0 bridgehead atoms. The minimum atomic E-state index is -0.698. The van der Waals surface area contributed by atoms with Crippen molar-refractivity contribution < 1.29 is 14.3 Å². The van der Waals surface area contributed by atoms with E-state index in [1.807, 2.05) is 112 Å². The maximum atomic E-state index is 13.8. The Morgan fingerprint density at radius 2 is 1.61 bits per heavy atom. The molecule has 0 radical (unpaired) electrons. The van der Waals surface area contributed by atoms with E-state index in [0.29, 0.717) is 18.7 Å².